The number of carbonyl (C=O) groups excluding carboxylic acids is 1. The first-order chi connectivity index (χ1) is 7.28. The van der Waals surface area contributed by atoms with Crippen LogP contribution in [0.2, 0.25) is 0 Å². The van der Waals surface area contributed by atoms with Gasteiger partial charge in [0.25, 0.3) is 0 Å². The van der Waals surface area contributed by atoms with Crippen LogP contribution in [0.1, 0.15) is 37.3 Å². The van der Waals surface area contributed by atoms with E-state index < -0.39 is 0 Å². The summed E-state index contributed by atoms with van der Waals surface area (Å²) >= 11 is 0. The van der Waals surface area contributed by atoms with Crippen LogP contribution in [0.3, 0.4) is 0 Å². The van der Waals surface area contributed by atoms with Crippen molar-refractivity contribution in [3.63, 3.8) is 0 Å². The maximum atomic E-state index is 11.6. The average Bonchev–Trinajstić information content (AvgIpc) is 3.03. The summed E-state index contributed by atoms with van der Waals surface area (Å²) < 4.78 is 0. The molecule has 15 heavy (non-hydrogen) atoms. The molecule has 1 aromatic carbocycles. The molecule has 2 rings (SSSR count). The van der Waals surface area contributed by atoms with Gasteiger partial charge in [-0.3, -0.25) is 4.79 Å². The normalized spacial score (nSPS) is 15.3. The fourth-order valence-corrected chi connectivity index (χ4v) is 1.84. The molecule has 0 unspecified atom stereocenters. The molecule has 0 amide bonds. The molecule has 1 saturated carbocycles. The van der Waals surface area contributed by atoms with Gasteiger partial charge in [0.2, 0.25) is 0 Å². The third-order valence-corrected chi connectivity index (χ3v) is 3.05. The van der Waals surface area contributed by atoms with Crippen LogP contribution in [-0.4, -0.2) is 5.78 Å². The SMILES string of the molecule is CCc1ccc(CC(=O)CC2CC2)cc1. The van der Waals surface area contributed by atoms with Crippen molar-refractivity contribution in [2.45, 2.75) is 39.0 Å². The lowest BCUT2D eigenvalue weighted by atomic mass is 10.0. The predicted octanol–water partition coefficient (Wildman–Crippen LogP) is 3.16. The van der Waals surface area contributed by atoms with E-state index in [9.17, 15) is 4.79 Å². The van der Waals surface area contributed by atoms with Crippen LogP contribution in [0.25, 0.3) is 0 Å². The molecule has 0 N–H and O–H groups in total. The monoisotopic (exact) mass is 202 g/mol. The first kappa shape index (κ1) is 10.4. The quantitative estimate of drug-likeness (QED) is 0.716. The predicted molar refractivity (Wildman–Crippen MR) is 61.9 cm³/mol. The molecule has 0 aliphatic heterocycles. The van der Waals surface area contributed by atoms with E-state index in [0.717, 1.165) is 18.4 Å². The molecular formula is C14H18O. The Balaban J connectivity index is 1.88. The second-order valence-electron chi connectivity index (χ2n) is 4.53. The van der Waals surface area contributed by atoms with E-state index in [2.05, 4.69) is 31.2 Å². The van der Waals surface area contributed by atoms with Crippen molar-refractivity contribution in [1.29, 1.82) is 0 Å². The van der Waals surface area contributed by atoms with Crippen molar-refractivity contribution in [1.82, 2.24) is 0 Å². The Morgan fingerprint density at radius 2 is 1.80 bits per heavy atom. The van der Waals surface area contributed by atoms with E-state index in [4.69, 9.17) is 0 Å². The van der Waals surface area contributed by atoms with Crippen LogP contribution < -0.4 is 0 Å². The minimum atomic E-state index is 0.404. The van der Waals surface area contributed by atoms with Crippen molar-refractivity contribution < 1.29 is 4.79 Å². The third kappa shape index (κ3) is 3.19. The molecule has 1 heteroatoms. The van der Waals surface area contributed by atoms with Gasteiger partial charge in [-0.25, -0.2) is 0 Å². The van der Waals surface area contributed by atoms with E-state index in [1.165, 1.54) is 18.4 Å². The lowest BCUT2D eigenvalue weighted by Gasteiger charge is -2.02. The maximum Gasteiger partial charge on any atom is 0.137 e. The molecule has 1 aliphatic rings. The Bertz CT molecular complexity index is 333. The number of ketones is 1. The number of carbonyl (C=O) groups is 1. The fourth-order valence-electron chi connectivity index (χ4n) is 1.84. The van der Waals surface area contributed by atoms with Crippen molar-refractivity contribution in [2.24, 2.45) is 5.92 Å². The Kier molecular flexibility index (Phi) is 3.20. The van der Waals surface area contributed by atoms with E-state index >= 15 is 0 Å². The van der Waals surface area contributed by atoms with Gasteiger partial charge >= 0.3 is 0 Å². The summed E-state index contributed by atoms with van der Waals surface area (Å²) in [6.07, 6.45) is 5.02. The highest BCUT2D eigenvalue weighted by Crippen LogP contribution is 2.32. The number of Topliss-reactive ketones (excluding diaryl/α,β-unsaturated/α-hetero) is 1. The van der Waals surface area contributed by atoms with Gasteiger partial charge < -0.3 is 0 Å². The van der Waals surface area contributed by atoms with Gasteiger partial charge in [0.1, 0.15) is 5.78 Å². The van der Waals surface area contributed by atoms with Crippen molar-refractivity contribution in [2.75, 3.05) is 0 Å². The highest BCUT2D eigenvalue weighted by molar-refractivity contribution is 5.81. The molecule has 0 radical (unpaired) electrons. The smallest absolute Gasteiger partial charge is 0.137 e. The minimum absolute atomic E-state index is 0.404. The zero-order chi connectivity index (χ0) is 10.7. The molecule has 0 atom stereocenters. The van der Waals surface area contributed by atoms with Crippen LogP contribution in [0.4, 0.5) is 0 Å². The van der Waals surface area contributed by atoms with Gasteiger partial charge in [0.05, 0.1) is 0 Å². The number of aryl methyl sites for hydroxylation is 1. The van der Waals surface area contributed by atoms with Crippen LogP contribution >= 0.6 is 0 Å². The Morgan fingerprint density at radius 3 is 2.33 bits per heavy atom. The number of hydrogen-bond donors (Lipinski definition) is 0. The highest BCUT2D eigenvalue weighted by atomic mass is 16.1. The van der Waals surface area contributed by atoms with Crippen LogP contribution in [0.15, 0.2) is 24.3 Å². The van der Waals surface area contributed by atoms with Gasteiger partial charge in [0.15, 0.2) is 0 Å². The molecule has 1 aliphatic carbocycles. The molecule has 0 spiro atoms. The molecule has 0 heterocycles. The Labute approximate surface area is 91.5 Å². The molecule has 80 valence electrons. The zero-order valence-corrected chi connectivity index (χ0v) is 9.33. The number of rotatable bonds is 5. The summed E-state index contributed by atoms with van der Waals surface area (Å²) in [4.78, 5) is 11.6. The first-order valence-corrected chi connectivity index (χ1v) is 5.87. The second kappa shape index (κ2) is 4.61. The van der Waals surface area contributed by atoms with E-state index in [1.54, 1.807) is 0 Å². The lowest BCUT2D eigenvalue weighted by molar-refractivity contribution is -0.118. The second-order valence-corrected chi connectivity index (χ2v) is 4.53. The minimum Gasteiger partial charge on any atom is -0.299 e. The Hall–Kier alpha value is -1.11. The maximum absolute atomic E-state index is 11.6. The van der Waals surface area contributed by atoms with Gasteiger partial charge in [-0.05, 0) is 36.3 Å². The van der Waals surface area contributed by atoms with E-state index in [-0.39, 0.29) is 0 Å². The summed E-state index contributed by atoms with van der Waals surface area (Å²) in [5.41, 5.74) is 2.51. The standard InChI is InChI=1S/C14H18O/c1-2-11-3-5-12(6-4-11)9-14(15)10-13-7-8-13/h3-6,13H,2,7-10H2,1H3. The zero-order valence-electron chi connectivity index (χ0n) is 9.33. The van der Waals surface area contributed by atoms with Crippen molar-refractivity contribution >= 4 is 5.78 Å². The van der Waals surface area contributed by atoms with E-state index in [0.29, 0.717) is 18.1 Å². The molecule has 1 nitrogen and oxygen atoms in total. The third-order valence-electron chi connectivity index (χ3n) is 3.05. The summed E-state index contributed by atoms with van der Waals surface area (Å²) in [7, 11) is 0. The van der Waals surface area contributed by atoms with Crippen LogP contribution in [-0.2, 0) is 17.6 Å². The van der Waals surface area contributed by atoms with Gasteiger partial charge in [-0.1, -0.05) is 31.2 Å². The Morgan fingerprint density at radius 1 is 1.20 bits per heavy atom. The molecule has 0 aromatic heterocycles. The summed E-state index contributed by atoms with van der Waals surface area (Å²) in [5.74, 6) is 1.12. The van der Waals surface area contributed by atoms with Gasteiger partial charge in [0, 0.05) is 12.8 Å². The molecule has 1 fully saturated rings. The molecule has 0 saturated heterocycles. The molecule has 0 bridgehead atoms. The number of benzene rings is 1. The summed E-state index contributed by atoms with van der Waals surface area (Å²) in [6, 6.07) is 8.42. The van der Waals surface area contributed by atoms with Crippen LogP contribution in [0, 0.1) is 5.92 Å². The summed E-state index contributed by atoms with van der Waals surface area (Å²) in [5, 5.41) is 0. The largest absolute Gasteiger partial charge is 0.299 e. The number of hydrogen-bond acceptors (Lipinski definition) is 1. The fraction of sp³-hybridized carbons (Fsp3) is 0.500. The topological polar surface area (TPSA) is 17.1 Å². The summed E-state index contributed by atoms with van der Waals surface area (Å²) in [6.45, 7) is 2.15. The highest BCUT2D eigenvalue weighted by Gasteiger charge is 2.23. The first-order valence-electron chi connectivity index (χ1n) is 5.87. The lowest BCUT2D eigenvalue weighted by Crippen LogP contribution is -2.03. The van der Waals surface area contributed by atoms with Crippen molar-refractivity contribution in [3.05, 3.63) is 35.4 Å². The van der Waals surface area contributed by atoms with Gasteiger partial charge in [-0.15, -0.1) is 0 Å². The van der Waals surface area contributed by atoms with Crippen molar-refractivity contribution in [3.8, 4) is 0 Å². The molecular weight excluding hydrogens is 184 g/mol. The van der Waals surface area contributed by atoms with Gasteiger partial charge in [-0.2, -0.15) is 0 Å². The molecule has 1 aromatic rings. The van der Waals surface area contributed by atoms with Crippen LogP contribution in [0.5, 0.6) is 0 Å². The van der Waals surface area contributed by atoms with E-state index in [1.807, 2.05) is 0 Å². The average molecular weight is 202 g/mol.